The van der Waals surface area contributed by atoms with E-state index in [0.717, 1.165) is 25.0 Å². The van der Waals surface area contributed by atoms with Gasteiger partial charge in [-0.25, -0.2) is 0 Å². The van der Waals surface area contributed by atoms with E-state index in [1.807, 2.05) is 0 Å². The molecule has 5 nitrogen and oxygen atoms in total. The number of aliphatic imine (C=N–C) groups is 1. The van der Waals surface area contributed by atoms with Crippen molar-refractivity contribution >= 4 is 29.9 Å². The van der Waals surface area contributed by atoms with Crippen LogP contribution in [0.3, 0.4) is 0 Å². The molecule has 24 heavy (non-hydrogen) atoms. The van der Waals surface area contributed by atoms with Gasteiger partial charge in [0.15, 0.2) is 5.96 Å². The van der Waals surface area contributed by atoms with Crippen molar-refractivity contribution < 1.29 is 0 Å². The number of likely N-dealkylation sites (tertiary alicyclic amines) is 2. The topological polar surface area (TPSA) is 42.9 Å². The van der Waals surface area contributed by atoms with Crippen molar-refractivity contribution in [2.24, 2.45) is 10.9 Å². The summed E-state index contributed by atoms with van der Waals surface area (Å²) in [6, 6.07) is 1.24. The minimum Gasteiger partial charge on any atom is -0.357 e. The third-order valence-electron chi connectivity index (χ3n) is 5.29. The monoisotopic (exact) mass is 451 g/mol. The molecule has 0 aromatic carbocycles. The highest BCUT2D eigenvalue weighted by Gasteiger charge is 2.22. The first-order chi connectivity index (χ1) is 11.1. The molecule has 2 fully saturated rings. The fourth-order valence-electron chi connectivity index (χ4n) is 3.54. The normalized spacial score (nSPS) is 22.5. The number of halogens is 1. The van der Waals surface area contributed by atoms with Crippen LogP contribution in [0.1, 0.15) is 46.5 Å². The van der Waals surface area contributed by atoms with Gasteiger partial charge in [-0.05, 0) is 72.5 Å². The van der Waals surface area contributed by atoms with E-state index >= 15 is 0 Å². The number of nitrogens with zero attached hydrogens (tertiary/aromatic N) is 3. The van der Waals surface area contributed by atoms with Crippen LogP contribution < -0.4 is 10.6 Å². The second-order valence-electron chi connectivity index (χ2n) is 7.51. The number of guanidine groups is 1. The zero-order valence-electron chi connectivity index (χ0n) is 16.1. The molecule has 0 radical (unpaired) electrons. The Bertz CT molecular complexity index is 358. The van der Waals surface area contributed by atoms with Crippen molar-refractivity contribution in [3.05, 3.63) is 0 Å². The molecule has 0 aliphatic carbocycles. The van der Waals surface area contributed by atoms with E-state index in [1.54, 1.807) is 0 Å². The summed E-state index contributed by atoms with van der Waals surface area (Å²) in [6.45, 7) is 13.5. The quantitative estimate of drug-likeness (QED) is 0.383. The Morgan fingerprint density at radius 1 is 1.08 bits per heavy atom. The van der Waals surface area contributed by atoms with Crippen LogP contribution in [0, 0.1) is 5.92 Å². The van der Waals surface area contributed by atoms with Crippen LogP contribution in [0.4, 0.5) is 0 Å². The molecular weight excluding hydrogens is 413 g/mol. The minimum atomic E-state index is 0. The summed E-state index contributed by atoms with van der Waals surface area (Å²) in [6.07, 6.45) is 5.01. The van der Waals surface area contributed by atoms with Crippen LogP contribution in [-0.2, 0) is 0 Å². The third-order valence-corrected chi connectivity index (χ3v) is 5.29. The SMILES string of the molecule is CCNC(=NCC1CCN(C)CC1)NC1CCN(C(C)C)CC1.I. The fourth-order valence-corrected chi connectivity index (χ4v) is 3.54. The predicted octanol–water partition coefficient (Wildman–Crippen LogP) is 2.37. The molecule has 2 aliphatic heterocycles. The lowest BCUT2D eigenvalue weighted by Crippen LogP contribution is -2.50. The van der Waals surface area contributed by atoms with Crippen molar-refractivity contribution in [2.45, 2.75) is 58.5 Å². The largest absolute Gasteiger partial charge is 0.357 e. The van der Waals surface area contributed by atoms with Crippen LogP contribution in [0.5, 0.6) is 0 Å². The number of nitrogens with one attached hydrogen (secondary N) is 2. The Balaban J connectivity index is 0.00000288. The molecule has 142 valence electrons. The Morgan fingerprint density at radius 2 is 1.71 bits per heavy atom. The molecule has 2 heterocycles. The number of piperidine rings is 2. The molecule has 0 spiro atoms. The molecule has 2 saturated heterocycles. The summed E-state index contributed by atoms with van der Waals surface area (Å²) in [5, 5.41) is 7.09. The van der Waals surface area contributed by atoms with Gasteiger partial charge < -0.3 is 20.4 Å². The van der Waals surface area contributed by atoms with Crippen LogP contribution in [0.2, 0.25) is 0 Å². The summed E-state index contributed by atoms with van der Waals surface area (Å²) >= 11 is 0. The minimum absolute atomic E-state index is 0. The van der Waals surface area contributed by atoms with E-state index < -0.39 is 0 Å². The second kappa shape index (κ2) is 11.5. The summed E-state index contributed by atoms with van der Waals surface area (Å²) < 4.78 is 0. The summed E-state index contributed by atoms with van der Waals surface area (Å²) in [5.41, 5.74) is 0. The highest BCUT2D eigenvalue weighted by atomic mass is 127. The van der Waals surface area contributed by atoms with Gasteiger partial charge in [-0.3, -0.25) is 4.99 Å². The highest BCUT2D eigenvalue weighted by molar-refractivity contribution is 14.0. The highest BCUT2D eigenvalue weighted by Crippen LogP contribution is 2.16. The average molecular weight is 451 g/mol. The lowest BCUT2D eigenvalue weighted by atomic mass is 9.97. The molecule has 2 N–H and O–H groups in total. The van der Waals surface area contributed by atoms with Crippen molar-refractivity contribution in [1.82, 2.24) is 20.4 Å². The van der Waals surface area contributed by atoms with Gasteiger partial charge in [0.2, 0.25) is 0 Å². The van der Waals surface area contributed by atoms with Gasteiger partial charge >= 0.3 is 0 Å². The van der Waals surface area contributed by atoms with Gasteiger partial charge in [0.05, 0.1) is 0 Å². The lowest BCUT2D eigenvalue weighted by molar-refractivity contribution is 0.167. The molecule has 0 amide bonds. The van der Waals surface area contributed by atoms with E-state index in [4.69, 9.17) is 4.99 Å². The van der Waals surface area contributed by atoms with Gasteiger partial charge in [0.1, 0.15) is 0 Å². The zero-order chi connectivity index (χ0) is 16.7. The maximum atomic E-state index is 4.87. The van der Waals surface area contributed by atoms with Crippen LogP contribution in [0.15, 0.2) is 4.99 Å². The number of rotatable bonds is 5. The Hall–Kier alpha value is -0.0800. The first kappa shape index (κ1) is 22.0. The number of hydrogen-bond acceptors (Lipinski definition) is 3. The zero-order valence-corrected chi connectivity index (χ0v) is 18.4. The summed E-state index contributed by atoms with van der Waals surface area (Å²) in [7, 11) is 2.22. The van der Waals surface area contributed by atoms with Crippen molar-refractivity contribution in [3.8, 4) is 0 Å². The third kappa shape index (κ3) is 7.44. The Labute approximate surface area is 166 Å². The summed E-state index contributed by atoms with van der Waals surface area (Å²) in [5.74, 6) is 1.78. The van der Waals surface area contributed by atoms with Gasteiger partial charge in [0, 0.05) is 38.3 Å². The lowest BCUT2D eigenvalue weighted by Gasteiger charge is -2.35. The van der Waals surface area contributed by atoms with Crippen molar-refractivity contribution in [2.75, 3.05) is 46.3 Å². The standard InChI is InChI=1S/C18H37N5.HI/c1-5-19-18(20-14-16-6-10-22(4)11-7-16)21-17-8-12-23(13-9-17)15(2)3;/h15-17H,5-14H2,1-4H3,(H2,19,20,21);1H. The van der Waals surface area contributed by atoms with Crippen molar-refractivity contribution in [3.63, 3.8) is 0 Å². The van der Waals surface area contributed by atoms with Crippen LogP contribution in [0.25, 0.3) is 0 Å². The number of hydrogen-bond donors (Lipinski definition) is 2. The van der Waals surface area contributed by atoms with E-state index in [9.17, 15) is 0 Å². The molecule has 0 saturated carbocycles. The van der Waals surface area contributed by atoms with Crippen LogP contribution in [-0.4, -0.2) is 74.2 Å². The predicted molar refractivity (Wildman–Crippen MR) is 114 cm³/mol. The molecular formula is C18H38IN5. The van der Waals surface area contributed by atoms with E-state index in [2.05, 4.69) is 48.3 Å². The molecule has 0 aromatic rings. The summed E-state index contributed by atoms with van der Waals surface area (Å²) in [4.78, 5) is 9.87. The van der Waals surface area contributed by atoms with E-state index in [0.29, 0.717) is 12.1 Å². The van der Waals surface area contributed by atoms with E-state index in [-0.39, 0.29) is 24.0 Å². The van der Waals surface area contributed by atoms with Crippen LogP contribution >= 0.6 is 24.0 Å². The second-order valence-corrected chi connectivity index (χ2v) is 7.51. The maximum Gasteiger partial charge on any atom is 0.191 e. The molecule has 0 aromatic heterocycles. The van der Waals surface area contributed by atoms with Gasteiger partial charge in [-0.1, -0.05) is 0 Å². The average Bonchev–Trinajstić information content (AvgIpc) is 2.55. The first-order valence-electron chi connectivity index (χ1n) is 9.56. The Morgan fingerprint density at radius 3 is 2.25 bits per heavy atom. The van der Waals surface area contributed by atoms with Gasteiger partial charge in [-0.15, -0.1) is 24.0 Å². The molecule has 2 rings (SSSR count). The van der Waals surface area contributed by atoms with E-state index in [1.165, 1.54) is 51.9 Å². The fraction of sp³-hybridized carbons (Fsp3) is 0.944. The van der Waals surface area contributed by atoms with Gasteiger partial charge in [0.25, 0.3) is 0 Å². The van der Waals surface area contributed by atoms with Gasteiger partial charge in [-0.2, -0.15) is 0 Å². The molecule has 6 heteroatoms. The molecule has 0 bridgehead atoms. The smallest absolute Gasteiger partial charge is 0.191 e. The molecule has 0 unspecified atom stereocenters. The Kier molecular flexibility index (Phi) is 10.5. The maximum absolute atomic E-state index is 4.87. The molecule has 0 atom stereocenters. The van der Waals surface area contributed by atoms with Crippen molar-refractivity contribution in [1.29, 1.82) is 0 Å². The first-order valence-corrected chi connectivity index (χ1v) is 9.56. The molecule has 2 aliphatic rings.